The van der Waals surface area contributed by atoms with Crippen LogP contribution in [0.25, 0.3) is 11.0 Å². The number of aromatic nitrogens is 2. The van der Waals surface area contributed by atoms with E-state index in [1.807, 2.05) is 30.3 Å². The van der Waals surface area contributed by atoms with Gasteiger partial charge in [-0.25, -0.2) is 14.2 Å². The number of piperidine rings is 1. The number of fused-ring (bicyclic) bond motifs is 2. The highest BCUT2D eigenvalue weighted by atomic mass is 19.1. The Morgan fingerprint density at radius 1 is 1.11 bits per heavy atom. The normalized spacial score (nSPS) is 20.2. The van der Waals surface area contributed by atoms with E-state index in [4.69, 9.17) is 29.2 Å². The summed E-state index contributed by atoms with van der Waals surface area (Å²) in [5.41, 5.74) is 4.00. The molecule has 0 saturated carbocycles. The van der Waals surface area contributed by atoms with Crippen LogP contribution >= 0.6 is 0 Å². The molecule has 0 bridgehead atoms. The van der Waals surface area contributed by atoms with Crippen molar-refractivity contribution in [3.05, 3.63) is 88.5 Å². The third kappa shape index (κ3) is 5.38. The molecule has 0 aliphatic carbocycles. The zero-order valence-corrected chi connectivity index (χ0v) is 24.5. The molecule has 44 heavy (non-hydrogen) atoms. The van der Waals surface area contributed by atoms with E-state index in [1.165, 1.54) is 13.2 Å². The Hall–Kier alpha value is -4.46. The van der Waals surface area contributed by atoms with Gasteiger partial charge in [-0.15, -0.1) is 0 Å². The zero-order valence-electron chi connectivity index (χ0n) is 24.5. The highest BCUT2D eigenvalue weighted by molar-refractivity contribution is 5.93. The maximum Gasteiger partial charge on any atom is 0.337 e. The van der Waals surface area contributed by atoms with Gasteiger partial charge >= 0.3 is 5.97 Å². The Bertz CT molecular complexity index is 1750. The van der Waals surface area contributed by atoms with Crippen LogP contribution in [-0.4, -0.2) is 59.9 Å². The molecule has 10 heteroatoms. The molecule has 1 aromatic heterocycles. The molecule has 3 aliphatic heterocycles. The molecule has 3 aromatic carbocycles. The van der Waals surface area contributed by atoms with Gasteiger partial charge < -0.3 is 23.5 Å². The maximum atomic E-state index is 14.8. The fourth-order valence-corrected chi connectivity index (χ4v) is 6.42. The number of methoxy groups -OCH3 is 1. The number of para-hydroxylation sites is 1. The Kier molecular flexibility index (Phi) is 7.66. The standard InChI is InChI=1S/C34H33FN4O5/c1-41-34(40)23-6-8-28-29(16-23)39(18-24-11-14-42-24)32(37-28)19-38-12-9-22(10-13-38)25-3-2-4-30-33(25)44-31(20-43-30)26-7-5-21(17-36)15-27(26)35/h2-8,15-16,22,24,31H,9-14,18-20H2,1H3/t24-,31-/m0/s1. The lowest BCUT2D eigenvalue weighted by molar-refractivity contribution is -0.0592. The molecule has 7 rings (SSSR count). The lowest BCUT2D eigenvalue weighted by Gasteiger charge is -2.35. The fourth-order valence-electron chi connectivity index (χ4n) is 6.42. The largest absolute Gasteiger partial charge is 0.485 e. The Balaban J connectivity index is 1.07. The van der Waals surface area contributed by atoms with E-state index in [0.717, 1.165) is 61.4 Å². The van der Waals surface area contributed by atoms with Crippen molar-refractivity contribution in [2.45, 2.75) is 50.5 Å². The van der Waals surface area contributed by atoms with Gasteiger partial charge in [0.2, 0.25) is 0 Å². The van der Waals surface area contributed by atoms with Crippen LogP contribution in [0, 0.1) is 17.1 Å². The van der Waals surface area contributed by atoms with E-state index in [1.54, 1.807) is 18.2 Å². The van der Waals surface area contributed by atoms with Crippen LogP contribution in [0.2, 0.25) is 0 Å². The minimum Gasteiger partial charge on any atom is -0.485 e. The number of ether oxygens (including phenoxy) is 4. The van der Waals surface area contributed by atoms with Crippen molar-refractivity contribution in [2.75, 3.05) is 33.4 Å². The van der Waals surface area contributed by atoms with Crippen LogP contribution in [0.5, 0.6) is 11.5 Å². The molecule has 2 saturated heterocycles. The van der Waals surface area contributed by atoms with Gasteiger partial charge in [0.15, 0.2) is 17.6 Å². The first-order chi connectivity index (χ1) is 21.5. The van der Waals surface area contributed by atoms with Crippen molar-refractivity contribution in [2.24, 2.45) is 0 Å². The molecular formula is C34H33FN4O5. The molecule has 2 atom stereocenters. The van der Waals surface area contributed by atoms with Crippen LogP contribution in [0.3, 0.4) is 0 Å². The second-order valence-corrected chi connectivity index (χ2v) is 11.6. The summed E-state index contributed by atoms with van der Waals surface area (Å²) in [5, 5.41) is 9.10. The average Bonchev–Trinajstić information content (AvgIpc) is 3.37. The second kappa shape index (κ2) is 11.9. The van der Waals surface area contributed by atoms with E-state index in [2.05, 4.69) is 15.5 Å². The van der Waals surface area contributed by atoms with Gasteiger partial charge in [0.25, 0.3) is 0 Å². The minimum atomic E-state index is -0.594. The molecule has 2 fully saturated rings. The van der Waals surface area contributed by atoms with Gasteiger partial charge in [-0.1, -0.05) is 18.2 Å². The summed E-state index contributed by atoms with van der Waals surface area (Å²) in [7, 11) is 1.39. The first-order valence-corrected chi connectivity index (χ1v) is 15.0. The number of halogens is 1. The number of imidazole rings is 1. The number of benzene rings is 3. The number of nitriles is 1. The van der Waals surface area contributed by atoms with Crippen molar-refractivity contribution in [1.29, 1.82) is 5.26 Å². The van der Waals surface area contributed by atoms with Crippen molar-refractivity contribution in [3.63, 3.8) is 0 Å². The van der Waals surface area contributed by atoms with Crippen LogP contribution in [0.1, 0.15) is 64.2 Å². The quantitative estimate of drug-likeness (QED) is 0.258. The van der Waals surface area contributed by atoms with Crippen LogP contribution < -0.4 is 9.47 Å². The van der Waals surface area contributed by atoms with Crippen molar-refractivity contribution >= 4 is 17.0 Å². The van der Waals surface area contributed by atoms with Crippen molar-refractivity contribution in [1.82, 2.24) is 14.5 Å². The summed E-state index contributed by atoms with van der Waals surface area (Å²) in [6, 6.07) is 17.9. The summed E-state index contributed by atoms with van der Waals surface area (Å²) in [6.45, 7) is 4.11. The molecule has 0 radical (unpaired) electrons. The SMILES string of the molecule is COC(=O)c1ccc2nc(CN3CCC(c4cccc5c4O[C@H](c4ccc(C#N)cc4F)CO5)CC3)n(C[C@@H]3CCO3)c2c1. The number of carbonyl (C=O) groups excluding carboxylic acids is 1. The predicted molar refractivity (Wildman–Crippen MR) is 159 cm³/mol. The first-order valence-electron chi connectivity index (χ1n) is 15.0. The Labute approximate surface area is 254 Å². The number of rotatable bonds is 7. The van der Waals surface area contributed by atoms with E-state index >= 15 is 0 Å². The topological polar surface area (TPSA) is 98.8 Å². The Morgan fingerprint density at radius 3 is 2.68 bits per heavy atom. The summed E-state index contributed by atoms with van der Waals surface area (Å²) in [6.07, 6.45) is 2.41. The highest BCUT2D eigenvalue weighted by Crippen LogP contribution is 2.45. The van der Waals surface area contributed by atoms with Crippen molar-refractivity contribution in [3.8, 4) is 17.6 Å². The summed E-state index contributed by atoms with van der Waals surface area (Å²) in [5.74, 6) is 1.73. The van der Waals surface area contributed by atoms with Gasteiger partial charge in [-0.05, 0) is 74.7 Å². The molecule has 9 nitrogen and oxygen atoms in total. The molecule has 226 valence electrons. The lowest BCUT2D eigenvalue weighted by Crippen LogP contribution is -2.35. The number of likely N-dealkylation sites (tertiary alicyclic amines) is 1. The van der Waals surface area contributed by atoms with E-state index in [0.29, 0.717) is 35.7 Å². The summed E-state index contributed by atoms with van der Waals surface area (Å²) in [4.78, 5) is 19.6. The van der Waals surface area contributed by atoms with Crippen molar-refractivity contribution < 1.29 is 28.1 Å². The minimum absolute atomic E-state index is 0.145. The van der Waals surface area contributed by atoms with Crippen LogP contribution in [-0.2, 0) is 22.6 Å². The second-order valence-electron chi connectivity index (χ2n) is 11.6. The maximum absolute atomic E-state index is 14.8. The average molecular weight is 597 g/mol. The van der Waals surface area contributed by atoms with Gasteiger partial charge in [-0.3, -0.25) is 4.90 Å². The van der Waals surface area contributed by atoms with E-state index in [9.17, 15) is 9.18 Å². The third-order valence-electron chi connectivity index (χ3n) is 8.96. The first kappa shape index (κ1) is 28.3. The number of hydrogen-bond donors (Lipinski definition) is 0. The number of esters is 1. The van der Waals surface area contributed by atoms with Crippen LogP contribution in [0.15, 0.2) is 54.6 Å². The van der Waals surface area contributed by atoms with E-state index < -0.39 is 11.9 Å². The van der Waals surface area contributed by atoms with Crippen LogP contribution in [0.4, 0.5) is 4.39 Å². The third-order valence-corrected chi connectivity index (χ3v) is 8.96. The number of carbonyl (C=O) groups is 1. The highest BCUT2D eigenvalue weighted by Gasteiger charge is 2.31. The summed E-state index contributed by atoms with van der Waals surface area (Å²) >= 11 is 0. The lowest BCUT2D eigenvalue weighted by atomic mass is 9.88. The zero-order chi connectivity index (χ0) is 30.2. The molecule has 3 aliphatic rings. The molecule has 0 unspecified atom stereocenters. The predicted octanol–water partition coefficient (Wildman–Crippen LogP) is 5.51. The number of hydrogen-bond acceptors (Lipinski definition) is 8. The molecule has 0 spiro atoms. The Morgan fingerprint density at radius 2 is 1.95 bits per heavy atom. The van der Waals surface area contributed by atoms with Gasteiger partial charge in [0, 0.05) is 17.7 Å². The molecule has 4 aromatic rings. The smallest absolute Gasteiger partial charge is 0.337 e. The molecule has 4 heterocycles. The fraction of sp³-hybridized carbons (Fsp3) is 0.382. The van der Waals surface area contributed by atoms with Gasteiger partial charge in [0.05, 0.1) is 54.5 Å². The summed E-state index contributed by atoms with van der Waals surface area (Å²) < 4.78 is 40.1. The molecule has 0 N–H and O–H groups in total. The van der Waals surface area contributed by atoms with Gasteiger partial charge in [-0.2, -0.15) is 5.26 Å². The monoisotopic (exact) mass is 596 g/mol. The number of nitrogens with zero attached hydrogens (tertiary/aromatic N) is 4. The van der Waals surface area contributed by atoms with Gasteiger partial charge in [0.1, 0.15) is 18.2 Å². The molecular weight excluding hydrogens is 563 g/mol. The van der Waals surface area contributed by atoms with E-state index in [-0.39, 0.29) is 30.2 Å². The molecule has 0 amide bonds.